The van der Waals surface area contributed by atoms with Crippen LogP contribution >= 0.6 is 0 Å². The minimum atomic E-state index is -0.156. The largest absolute Gasteiger partial charge is 0.310 e. The molecule has 9 rings (SSSR count). The van der Waals surface area contributed by atoms with E-state index in [4.69, 9.17) is 0 Å². The van der Waals surface area contributed by atoms with Crippen molar-refractivity contribution in [3.63, 3.8) is 0 Å². The lowest BCUT2D eigenvalue weighted by atomic mass is 9.81. The Hall–Kier alpha value is -5.86. The maximum Gasteiger partial charge on any atom is 0.0541 e. The molecule has 0 amide bonds. The molecule has 1 aromatic heterocycles. The van der Waals surface area contributed by atoms with Crippen LogP contribution in [0.15, 0.2) is 158 Å². The Balaban J connectivity index is 1.14. The van der Waals surface area contributed by atoms with Crippen molar-refractivity contribution < 1.29 is 0 Å². The van der Waals surface area contributed by atoms with Crippen LogP contribution in [0, 0.1) is 13.8 Å². The number of aromatic nitrogens is 1. The maximum absolute atomic E-state index is 2.43. The van der Waals surface area contributed by atoms with E-state index in [0.29, 0.717) is 0 Å². The van der Waals surface area contributed by atoms with Gasteiger partial charge in [-0.25, -0.2) is 0 Å². The fourth-order valence-electron chi connectivity index (χ4n) is 7.89. The predicted molar refractivity (Wildman–Crippen MR) is 208 cm³/mol. The first-order valence-corrected chi connectivity index (χ1v) is 17.2. The molecular formula is C47H38N2. The summed E-state index contributed by atoms with van der Waals surface area (Å²) in [5.74, 6) is 0. The van der Waals surface area contributed by atoms with E-state index in [-0.39, 0.29) is 5.41 Å². The second-order valence-electron chi connectivity index (χ2n) is 14.0. The highest BCUT2D eigenvalue weighted by atomic mass is 15.1. The van der Waals surface area contributed by atoms with Crippen LogP contribution in [0.5, 0.6) is 0 Å². The standard InChI is InChI=1S/C47H38N2/c1-31-14-20-36(21-15-31)48(37-22-16-32(2)17-23-37)38-24-26-40-39-25-18-34(29-43(39)47(3,4)44(40)30-38)33-19-27-46-42(28-33)41-12-8-9-13-45(41)49(46)35-10-6-5-7-11-35/h5-30H,1-4H3. The van der Waals surface area contributed by atoms with Gasteiger partial charge in [0.15, 0.2) is 0 Å². The second-order valence-corrected chi connectivity index (χ2v) is 14.0. The molecule has 0 fully saturated rings. The number of fused-ring (bicyclic) bond motifs is 6. The maximum atomic E-state index is 2.43. The number of benzene rings is 7. The minimum Gasteiger partial charge on any atom is -0.310 e. The third-order valence-electron chi connectivity index (χ3n) is 10.5. The molecule has 0 atom stereocenters. The van der Waals surface area contributed by atoms with Crippen molar-refractivity contribution in [2.45, 2.75) is 33.1 Å². The highest BCUT2D eigenvalue weighted by Gasteiger charge is 2.36. The van der Waals surface area contributed by atoms with Crippen LogP contribution in [0.3, 0.4) is 0 Å². The first-order valence-electron chi connectivity index (χ1n) is 17.2. The van der Waals surface area contributed by atoms with Gasteiger partial charge >= 0.3 is 0 Å². The zero-order chi connectivity index (χ0) is 33.3. The molecule has 49 heavy (non-hydrogen) atoms. The van der Waals surface area contributed by atoms with Gasteiger partial charge in [-0.15, -0.1) is 0 Å². The number of nitrogens with zero attached hydrogens (tertiary/aromatic N) is 2. The highest BCUT2D eigenvalue weighted by Crippen LogP contribution is 2.51. The van der Waals surface area contributed by atoms with Crippen LogP contribution in [-0.4, -0.2) is 4.57 Å². The summed E-state index contributed by atoms with van der Waals surface area (Å²) in [6, 6.07) is 58.2. The summed E-state index contributed by atoms with van der Waals surface area (Å²) < 4.78 is 2.38. The summed E-state index contributed by atoms with van der Waals surface area (Å²) >= 11 is 0. The lowest BCUT2D eigenvalue weighted by Crippen LogP contribution is -2.16. The molecule has 0 aliphatic heterocycles. The predicted octanol–water partition coefficient (Wildman–Crippen LogP) is 12.8. The Labute approximate surface area is 288 Å². The molecule has 0 saturated carbocycles. The van der Waals surface area contributed by atoms with Gasteiger partial charge in [0.1, 0.15) is 0 Å². The van der Waals surface area contributed by atoms with Crippen molar-refractivity contribution in [2.24, 2.45) is 0 Å². The van der Waals surface area contributed by atoms with Crippen LogP contribution in [0.2, 0.25) is 0 Å². The van der Waals surface area contributed by atoms with E-state index in [1.54, 1.807) is 0 Å². The average molecular weight is 631 g/mol. The smallest absolute Gasteiger partial charge is 0.0541 e. The highest BCUT2D eigenvalue weighted by molar-refractivity contribution is 6.10. The summed E-state index contributed by atoms with van der Waals surface area (Å²) in [4.78, 5) is 2.38. The molecule has 2 nitrogen and oxygen atoms in total. The van der Waals surface area contributed by atoms with Gasteiger partial charge in [-0.3, -0.25) is 0 Å². The van der Waals surface area contributed by atoms with E-state index >= 15 is 0 Å². The van der Waals surface area contributed by atoms with E-state index < -0.39 is 0 Å². The van der Waals surface area contributed by atoms with Crippen molar-refractivity contribution in [3.05, 3.63) is 180 Å². The molecule has 0 unspecified atom stereocenters. The number of anilines is 3. The molecule has 0 radical (unpaired) electrons. The first kappa shape index (κ1) is 29.3. The van der Waals surface area contributed by atoms with Crippen LogP contribution in [0.1, 0.15) is 36.1 Å². The third kappa shape index (κ3) is 4.70. The zero-order valence-corrected chi connectivity index (χ0v) is 28.4. The topological polar surface area (TPSA) is 8.17 Å². The lowest BCUT2D eigenvalue weighted by Gasteiger charge is -2.28. The number of hydrogen-bond acceptors (Lipinski definition) is 1. The normalized spacial score (nSPS) is 13.1. The molecule has 236 valence electrons. The molecule has 0 saturated heterocycles. The Morgan fingerprint density at radius 3 is 1.67 bits per heavy atom. The van der Waals surface area contributed by atoms with Crippen LogP contribution in [-0.2, 0) is 5.41 Å². The van der Waals surface area contributed by atoms with E-state index in [9.17, 15) is 0 Å². The third-order valence-corrected chi connectivity index (χ3v) is 10.5. The van der Waals surface area contributed by atoms with Gasteiger partial charge in [-0.2, -0.15) is 0 Å². The van der Waals surface area contributed by atoms with Gasteiger partial charge in [0.25, 0.3) is 0 Å². The van der Waals surface area contributed by atoms with Gasteiger partial charge in [-0.1, -0.05) is 110 Å². The average Bonchev–Trinajstić information content (AvgIpc) is 3.58. The van der Waals surface area contributed by atoms with Crippen molar-refractivity contribution >= 4 is 38.9 Å². The van der Waals surface area contributed by atoms with Crippen LogP contribution in [0.4, 0.5) is 17.1 Å². The van der Waals surface area contributed by atoms with Gasteiger partial charge in [0, 0.05) is 38.9 Å². The van der Waals surface area contributed by atoms with Crippen LogP contribution < -0.4 is 4.90 Å². The fourth-order valence-corrected chi connectivity index (χ4v) is 7.89. The van der Waals surface area contributed by atoms with Gasteiger partial charge in [-0.05, 0) is 120 Å². The van der Waals surface area contributed by atoms with Crippen LogP contribution in [0.25, 0.3) is 49.7 Å². The summed E-state index contributed by atoms with van der Waals surface area (Å²) in [6.45, 7) is 9.04. The van der Waals surface area contributed by atoms with Crippen molar-refractivity contribution in [1.29, 1.82) is 0 Å². The Morgan fingerprint density at radius 1 is 0.449 bits per heavy atom. The molecule has 8 aromatic rings. The summed E-state index contributed by atoms with van der Waals surface area (Å²) in [5.41, 5.74) is 17.4. The summed E-state index contributed by atoms with van der Waals surface area (Å²) in [6.07, 6.45) is 0. The molecule has 0 bridgehead atoms. The summed E-state index contributed by atoms with van der Waals surface area (Å²) in [5, 5.41) is 2.55. The second kappa shape index (κ2) is 11.1. The van der Waals surface area contributed by atoms with Crippen molar-refractivity contribution in [1.82, 2.24) is 4.57 Å². The fraction of sp³-hybridized carbons (Fsp3) is 0.106. The SMILES string of the molecule is Cc1ccc(N(c2ccc(C)cc2)c2ccc3c(c2)C(C)(C)c2cc(-c4ccc5c(c4)c4ccccc4n5-c4ccccc4)ccc2-3)cc1. The number of aryl methyl sites for hydroxylation is 2. The first-order chi connectivity index (χ1) is 23.9. The van der Waals surface area contributed by atoms with Crippen molar-refractivity contribution in [2.75, 3.05) is 4.90 Å². The molecule has 0 spiro atoms. The monoisotopic (exact) mass is 630 g/mol. The van der Waals surface area contributed by atoms with Gasteiger partial charge < -0.3 is 9.47 Å². The molecule has 0 N–H and O–H groups in total. The lowest BCUT2D eigenvalue weighted by molar-refractivity contribution is 0.660. The Morgan fingerprint density at radius 2 is 0.980 bits per heavy atom. The van der Waals surface area contributed by atoms with Gasteiger partial charge in [0.2, 0.25) is 0 Å². The zero-order valence-electron chi connectivity index (χ0n) is 28.4. The van der Waals surface area contributed by atoms with E-state index in [0.717, 1.165) is 11.4 Å². The minimum absolute atomic E-state index is 0.156. The number of rotatable bonds is 5. The molecule has 1 aliphatic rings. The molecule has 7 aromatic carbocycles. The van der Waals surface area contributed by atoms with E-state index in [1.807, 2.05) is 0 Å². The van der Waals surface area contributed by atoms with Gasteiger partial charge in [0.05, 0.1) is 11.0 Å². The Bertz CT molecular complexity index is 2470. The van der Waals surface area contributed by atoms with Crippen molar-refractivity contribution in [3.8, 4) is 27.9 Å². The molecule has 1 aliphatic carbocycles. The summed E-state index contributed by atoms with van der Waals surface area (Å²) in [7, 11) is 0. The quantitative estimate of drug-likeness (QED) is 0.184. The molecular weight excluding hydrogens is 593 g/mol. The molecule has 2 heteroatoms. The van der Waals surface area contributed by atoms with E-state index in [1.165, 1.54) is 77.7 Å². The number of para-hydroxylation sites is 2. The number of hydrogen-bond donors (Lipinski definition) is 0. The van der Waals surface area contributed by atoms with E-state index in [2.05, 4.69) is 195 Å². The Kier molecular flexibility index (Phi) is 6.64. The molecule has 1 heterocycles.